The van der Waals surface area contributed by atoms with Crippen molar-refractivity contribution in [2.45, 2.75) is 13.0 Å². The molecule has 1 saturated heterocycles. The van der Waals surface area contributed by atoms with Crippen LogP contribution in [0.5, 0.6) is 0 Å². The lowest BCUT2D eigenvalue weighted by Crippen LogP contribution is -2.46. The molecule has 1 aliphatic heterocycles. The van der Waals surface area contributed by atoms with Gasteiger partial charge >= 0.3 is 0 Å². The van der Waals surface area contributed by atoms with Gasteiger partial charge in [-0.2, -0.15) is 0 Å². The van der Waals surface area contributed by atoms with E-state index in [1.54, 1.807) is 0 Å². The van der Waals surface area contributed by atoms with Gasteiger partial charge in [0.25, 0.3) is 0 Å². The van der Waals surface area contributed by atoms with Gasteiger partial charge in [-0.3, -0.25) is 4.90 Å². The molecule has 0 aliphatic carbocycles. The first-order valence-corrected chi connectivity index (χ1v) is 10.4. The second-order valence-electron chi connectivity index (χ2n) is 7.70. The quantitative estimate of drug-likeness (QED) is 0.393. The van der Waals surface area contributed by atoms with Crippen LogP contribution in [0.1, 0.15) is 6.42 Å². The number of anilines is 1. The number of aryl methyl sites for hydroxylation is 1. The second-order valence-corrected chi connectivity index (χ2v) is 7.70. The van der Waals surface area contributed by atoms with Gasteiger partial charge in [0, 0.05) is 60.2 Å². The lowest BCUT2D eigenvalue weighted by atomic mass is 10.2. The molecule has 2 heterocycles. The van der Waals surface area contributed by atoms with Crippen LogP contribution in [0.25, 0.3) is 21.8 Å². The summed E-state index contributed by atoms with van der Waals surface area (Å²) in [5.41, 5.74) is 4.07. The number of halogens is 1. The van der Waals surface area contributed by atoms with Gasteiger partial charge in [-0.25, -0.2) is 0 Å². The van der Waals surface area contributed by atoms with Crippen LogP contribution >= 0.6 is 17.0 Å². The van der Waals surface area contributed by atoms with Crippen LogP contribution in [0.2, 0.25) is 0 Å². The summed E-state index contributed by atoms with van der Waals surface area (Å²) in [6.07, 6.45) is 1.19. The Morgan fingerprint density at radius 3 is 1.76 bits per heavy atom. The number of benzene rings is 3. The largest absolute Gasteiger partial charge is 0.369 e. The fourth-order valence-electron chi connectivity index (χ4n) is 4.57. The highest BCUT2D eigenvalue weighted by molar-refractivity contribution is 8.93. The van der Waals surface area contributed by atoms with E-state index in [1.807, 2.05) is 0 Å². The van der Waals surface area contributed by atoms with Crippen molar-refractivity contribution in [2.75, 3.05) is 37.6 Å². The number of fused-ring (bicyclic) bond motifs is 3. The number of nitrogens with zero attached hydrogens (tertiary/aromatic N) is 3. The van der Waals surface area contributed by atoms with Gasteiger partial charge in [-0.05, 0) is 37.2 Å². The van der Waals surface area contributed by atoms with Gasteiger partial charge in [0.2, 0.25) is 0 Å². The zero-order chi connectivity index (χ0) is 18.8. The lowest BCUT2D eigenvalue weighted by Gasteiger charge is -2.36. The van der Waals surface area contributed by atoms with Crippen molar-refractivity contribution in [1.29, 1.82) is 0 Å². The van der Waals surface area contributed by atoms with Crippen LogP contribution in [-0.2, 0) is 6.54 Å². The molecule has 0 N–H and O–H groups in total. The molecule has 1 fully saturated rings. The van der Waals surface area contributed by atoms with Crippen molar-refractivity contribution >= 4 is 44.5 Å². The molecule has 29 heavy (non-hydrogen) atoms. The summed E-state index contributed by atoms with van der Waals surface area (Å²) in [5, 5.41) is 2.74. The highest BCUT2D eigenvalue weighted by atomic mass is 79.9. The number of hydrogen-bond donors (Lipinski definition) is 0. The SMILES string of the molecule is Br.c1ccc(N2CCN(CCCn3c4ccccc4c4ccccc43)CC2)cc1. The highest BCUT2D eigenvalue weighted by Crippen LogP contribution is 2.28. The van der Waals surface area contributed by atoms with E-state index >= 15 is 0 Å². The molecule has 0 bridgehead atoms. The fraction of sp³-hybridized carbons (Fsp3) is 0.280. The minimum atomic E-state index is 0. The Hall–Kier alpha value is -2.30. The van der Waals surface area contributed by atoms with Crippen LogP contribution in [-0.4, -0.2) is 42.2 Å². The van der Waals surface area contributed by atoms with Gasteiger partial charge in [-0.15, -0.1) is 17.0 Å². The molecule has 4 heteroatoms. The molecule has 150 valence electrons. The van der Waals surface area contributed by atoms with E-state index in [1.165, 1.54) is 40.5 Å². The molecule has 3 aromatic carbocycles. The first-order valence-electron chi connectivity index (χ1n) is 10.4. The van der Waals surface area contributed by atoms with E-state index in [4.69, 9.17) is 0 Å². The van der Waals surface area contributed by atoms with Crippen LogP contribution in [0.4, 0.5) is 5.69 Å². The van der Waals surface area contributed by atoms with Crippen LogP contribution in [0.15, 0.2) is 78.9 Å². The van der Waals surface area contributed by atoms with Gasteiger partial charge in [0.1, 0.15) is 0 Å². The van der Waals surface area contributed by atoms with E-state index in [-0.39, 0.29) is 17.0 Å². The Morgan fingerprint density at radius 2 is 1.14 bits per heavy atom. The maximum absolute atomic E-state index is 2.62. The molecular weight excluding hydrogens is 422 g/mol. The number of aromatic nitrogens is 1. The Kier molecular flexibility index (Phi) is 6.22. The van der Waals surface area contributed by atoms with Gasteiger partial charge in [0.05, 0.1) is 0 Å². The third kappa shape index (κ3) is 4.05. The van der Waals surface area contributed by atoms with Crippen LogP contribution < -0.4 is 4.90 Å². The van der Waals surface area contributed by atoms with Crippen molar-refractivity contribution < 1.29 is 0 Å². The van der Waals surface area contributed by atoms with E-state index in [0.29, 0.717) is 0 Å². The summed E-state index contributed by atoms with van der Waals surface area (Å²) < 4.78 is 2.50. The lowest BCUT2D eigenvalue weighted by molar-refractivity contribution is 0.251. The zero-order valence-electron chi connectivity index (χ0n) is 16.7. The Balaban J connectivity index is 0.00000205. The summed E-state index contributed by atoms with van der Waals surface area (Å²) in [6, 6.07) is 28.4. The molecule has 1 aliphatic rings. The first kappa shape index (κ1) is 20.0. The van der Waals surface area contributed by atoms with Gasteiger partial charge < -0.3 is 9.47 Å². The number of piperazine rings is 1. The molecule has 0 atom stereocenters. The molecule has 5 rings (SSSR count). The molecule has 0 spiro atoms. The van der Waals surface area contributed by atoms with E-state index in [2.05, 4.69) is 93.2 Å². The molecule has 1 aromatic heterocycles. The molecule has 0 saturated carbocycles. The zero-order valence-corrected chi connectivity index (χ0v) is 18.4. The maximum Gasteiger partial charge on any atom is 0.0491 e. The highest BCUT2D eigenvalue weighted by Gasteiger charge is 2.17. The summed E-state index contributed by atoms with van der Waals surface area (Å²) >= 11 is 0. The summed E-state index contributed by atoms with van der Waals surface area (Å²) in [7, 11) is 0. The average Bonchev–Trinajstić information content (AvgIpc) is 3.09. The molecule has 3 nitrogen and oxygen atoms in total. The van der Waals surface area contributed by atoms with E-state index in [9.17, 15) is 0 Å². The molecular formula is C25H28BrN3. The van der Waals surface area contributed by atoms with Crippen molar-refractivity contribution in [3.05, 3.63) is 78.9 Å². The molecule has 0 amide bonds. The smallest absolute Gasteiger partial charge is 0.0491 e. The predicted octanol–water partition coefficient (Wildman–Crippen LogP) is 5.58. The molecule has 0 radical (unpaired) electrons. The van der Waals surface area contributed by atoms with E-state index < -0.39 is 0 Å². The summed E-state index contributed by atoms with van der Waals surface area (Å²) in [6.45, 7) is 6.80. The average molecular weight is 450 g/mol. The number of hydrogen-bond acceptors (Lipinski definition) is 2. The third-order valence-corrected chi connectivity index (χ3v) is 6.03. The minimum Gasteiger partial charge on any atom is -0.369 e. The van der Waals surface area contributed by atoms with Crippen molar-refractivity contribution in [2.24, 2.45) is 0 Å². The van der Waals surface area contributed by atoms with Crippen LogP contribution in [0.3, 0.4) is 0 Å². The van der Waals surface area contributed by atoms with E-state index in [0.717, 1.165) is 32.7 Å². The first-order chi connectivity index (χ1) is 13.9. The van der Waals surface area contributed by atoms with Crippen LogP contribution in [0, 0.1) is 0 Å². The predicted molar refractivity (Wildman–Crippen MR) is 129 cm³/mol. The standard InChI is InChI=1S/C25H27N3.BrH/c1-2-9-21(10-3-1)27-19-17-26(18-20-27)15-8-16-28-24-13-6-4-11-22(24)23-12-5-7-14-25(23)28;/h1-7,9-14H,8,15-20H2;1H. The number of para-hydroxylation sites is 3. The van der Waals surface area contributed by atoms with Gasteiger partial charge in [-0.1, -0.05) is 54.6 Å². The Bertz CT molecular complexity index is 1010. The third-order valence-electron chi connectivity index (χ3n) is 6.03. The Morgan fingerprint density at radius 1 is 0.586 bits per heavy atom. The topological polar surface area (TPSA) is 11.4 Å². The monoisotopic (exact) mass is 449 g/mol. The van der Waals surface area contributed by atoms with Crippen molar-refractivity contribution in [3.63, 3.8) is 0 Å². The normalized spacial score (nSPS) is 15.0. The second kappa shape index (κ2) is 9.02. The summed E-state index contributed by atoms with van der Waals surface area (Å²) in [5.74, 6) is 0. The number of rotatable bonds is 5. The minimum absolute atomic E-state index is 0. The fourth-order valence-corrected chi connectivity index (χ4v) is 4.57. The molecule has 4 aromatic rings. The molecule has 0 unspecified atom stereocenters. The maximum atomic E-state index is 2.62. The van der Waals surface area contributed by atoms with Crippen molar-refractivity contribution in [1.82, 2.24) is 9.47 Å². The summed E-state index contributed by atoms with van der Waals surface area (Å²) in [4.78, 5) is 5.12. The van der Waals surface area contributed by atoms with Crippen molar-refractivity contribution in [3.8, 4) is 0 Å². The Labute approximate surface area is 183 Å². The van der Waals surface area contributed by atoms with Gasteiger partial charge in [0.15, 0.2) is 0 Å².